The molecule has 2 aliphatic heterocycles. The van der Waals surface area contributed by atoms with Crippen LogP contribution in [0.1, 0.15) is 56.7 Å². The second-order valence-corrected chi connectivity index (χ2v) is 9.30. The van der Waals surface area contributed by atoms with Crippen molar-refractivity contribution in [2.45, 2.75) is 58.0 Å². The standard InChI is InChI=1S/C24H26F6N2O2/c1-22(2,3)34-21(33)32-10-8-15(9-11-32)19-6-4-5-7-20(31-19)16-12-17(23(25,26)27)14-18(13-16)24(28,29)30/h4,6-7,12-15H,5,8-11H2,1-3H3. The number of halogens is 6. The van der Waals surface area contributed by atoms with Crippen LogP contribution < -0.4 is 0 Å². The maximum Gasteiger partial charge on any atom is 0.416 e. The zero-order valence-electron chi connectivity index (χ0n) is 19.1. The lowest BCUT2D eigenvalue weighted by Gasteiger charge is -2.33. The molecule has 2 heterocycles. The number of carbonyl (C=O) groups excluding carboxylic acids is 1. The van der Waals surface area contributed by atoms with Gasteiger partial charge in [-0.25, -0.2) is 4.79 Å². The molecule has 1 aromatic rings. The molecule has 4 nitrogen and oxygen atoms in total. The van der Waals surface area contributed by atoms with Gasteiger partial charge in [-0.15, -0.1) is 0 Å². The van der Waals surface area contributed by atoms with E-state index < -0.39 is 35.2 Å². The Labute approximate surface area is 194 Å². The second kappa shape index (κ2) is 9.46. The summed E-state index contributed by atoms with van der Waals surface area (Å²) in [5.41, 5.74) is -2.99. The summed E-state index contributed by atoms with van der Waals surface area (Å²) in [5, 5.41) is 0. The molecule has 2 aliphatic rings. The maximum atomic E-state index is 13.3. The molecule has 1 fully saturated rings. The van der Waals surface area contributed by atoms with Crippen molar-refractivity contribution in [2.75, 3.05) is 13.1 Å². The molecule has 0 aliphatic carbocycles. The van der Waals surface area contributed by atoms with E-state index in [0.717, 1.165) is 0 Å². The van der Waals surface area contributed by atoms with E-state index in [1.165, 1.54) is 6.08 Å². The summed E-state index contributed by atoms with van der Waals surface area (Å²) in [7, 11) is 0. The first-order chi connectivity index (χ1) is 15.6. The Kier molecular flexibility index (Phi) is 7.19. The summed E-state index contributed by atoms with van der Waals surface area (Å²) in [6.45, 7) is 6.14. The number of benzene rings is 1. The zero-order valence-corrected chi connectivity index (χ0v) is 19.1. The number of amides is 1. The molecule has 0 unspecified atom stereocenters. The fraction of sp³-hybridized carbons (Fsp3) is 0.500. The van der Waals surface area contributed by atoms with Crippen LogP contribution >= 0.6 is 0 Å². The molecule has 3 rings (SSSR count). The average molecular weight is 488 g/mol. The van der Waals surface area contributed by atoms with E-state index >= 15 is 0 Å². The number of alkyl halides is 6. The second-order valence-electron chi connectivity index (χ2n) is 9.30. The monoisotopic (exact) mass is 488 g/mol. The topological polar surface area (TPSA) is 41.9 Å². The fourth-order valence-electron chi connectivity index (χ4n) is 3.79. The van der Waals surface area contributed by atoms with E-state index in [1.54, 1.807) is 37.8 Å². The number of hydrogen-bond donors (Lipinski definition) is 0. The number of rotatable bonds is 2. The Morgan fingerprint density at radius 2 is 1.53 bits per heavy atom. The van der Waals surface area contributed by atoms with Gasteiger partial charge in [0.05, 0.1) is 16.8 Å². The van der Waals surface area contributed by atoms with Crippen molar-refractivity contribution >= 4 is 17.5 Å². The minimum absolute atomic E-state index is 0.0613. The Morgan fingerprint density at radius 1 is 0.971 bits per heavy atom. The Hall–Kier alpha value is -2.78. The van der Waals surface area contributed by atoms with E-state index in [9.17, 15) is 31.1 Å². The highest BCUT2D eigenvalue weighted by Gasteiger charge is 2.37. The third-order valence-corrected chi connectivity index (χ3v) is 5.43. The number of likely N-dealkylation sites (tertiary alicyclic amines) is 1. The van der Waals surface area contributed by atoms with Gasteiger partial charge in [0.2, 0.25) is 0 Å². The number of nitrogens with zero attached hydrogens (tertiary/aromatic N) is 2. The number of ether oxygens (including phenoxy) is 1. The van der Waals surface area contributed by atoms with Crippen LogP contribution in [-0.4, -0.2) is 35.4 Å². The summed E-state index contributed by atoms with van der Waals surface area (Å²) in [5.74, 6) is -0.0932. The van der Waals surface area contributed by atoms with Crippen molar-refractivity contribution in [1.82, 2.24) is 4.90 Å². The fourth-order valence-corrected chi connectivity index (χ4v) is 3.79. The van der Waals surface area contributed by atoms with Crippen molar-refractivity contribution in [2.24, 2.45) is 10.9 Å². The molecular weight excluding hydrogens is 462 g/mol. The Bertz CT molecular complexity index is 976. The highest BCUT2D eigenvalue weighted by Crippen LogP contribution is 2.38. The molecule has 1 saturated heterocycles. The summed E-state index contributed by atoms with van der Waals surface area (Å²) >= 11 is 0. The van der Waals surface area contributed by atoms with Gasteiger partial charge < -0.3 is 9.64 Å². The van der Waals surface area contributed by atoms with Crippen LogP contribution in [0, 0.1) is 5.92 Å². The zero-order chi connectivity index (χ0) is 25.3. The number of hydrogen-bond acceptors (Lipinski definition) is 3. The van der Waals surface area contributed by atoms with E-state index in [4.69, 9.17) is 4.74 Å². The summed E-state index contributed by atoms with van der Waals surface area (Å²) in [4.78, 5) is 18.3. The van der Waals surface area contributed by atoms with Gasteiger partial charge in [-0.1, -0.05) is 12.2 Å². The van der Waals surface area contributed by atoms with Gasteiger partial charge in [0.1, 0.15) is 5.60 Å². The predicted molar refractivity (Wildman–Crippen MR) is 116 cm³/mol. The van der Waals surface area contributed by atoms with Gasteiger partial charge in [0, 0.05) is 30.3 Å². The Balaban J connectivity index is 1.84. The molecule has 0 radical (unpaired) electrons. The lowest BCUT2D eigenvalue weighted by Crippen LogP contribution is -2.42. The van der Waals surface area contributed by atoms with Crippen molar-refractivity contribution in [1.29, 1.82) is 0 Å². The van der Waals surface area contributed by atoms with Gasteiger partial charge >= 0.3 is 18.4 Å². The van der Waals surface area contributed by atoms with Crippen LogP contribution in [0.25, 0.3) is 5.70 Å². The lowest BCUT2D eigenvalue weighted by atomic mass is 9.91. The van der Waals surface area contributed by atoms with Gasteiger partial charge in [-0.05, 0) is 64.3 Å². The summed E-state index contributed by atoms with van der Waals surface area (Å²) < 4.78 is 85.1. The molecule has 1 amide bonds. The molecule has 10 heteroatoms. The third kappa shape index (κ3) is 6.64. The number of allylic oxidation sites excluding steroid dienone is 3. The smallest absolute Gasteiger partial charge is 0.416 e. The first-order valence-electron chi connectivity index (χ1n) is 10.9. The van der Waals surface area contributed by atoms with Crippen molar-refractivity contribution in [3.05, 3.63) is 53.1 Å². The molecule has 186 valence electrons. The minimum Gasteiger partial charge on any atom is -0.444 e. The van der Waals surface area contributed by atoms with E-state index in [-0.39, 0.29) is 23.2 Å². The number of carbonyl (C=O) groups is 1. The molecule has 0 aromatic heterocycles. The van der Waals surface area contributed by atoms with Gasteiger partial charge in [0.25, 0.3) is 0 Å². The molecule has 0 spiro atoms. The highest BCUT2D eigenvalue weighted by atomic mass is 19.4. The molecule has 1 aromatic carbocycles. The first-order valence-corrected chi connectivity index (χ1v) is 10.9. The van der Waals surface area contributed by atoms with E-state index in [0.29, 0.717) is 50.2 Å². The minimum atomic E-state index is -4.93. The van der Waals surface area contributed by atoms with Crippen molar-refractivity contribution in [3.8, 4) is 0 Å². The van der Waals surface area contributed by atoms with Crippen molar-refractivity contribution < 1.29 is 35.9 Å². The molecule has 0 bridgehead atoms. The van der Waals surface area contributed by atoms with Crippen LogP contribution in [0.2, 0.25) is 0 Å². The molecule has 0 saturated carbocycles. The van der Waals surface area contributed by atoms with Crippen LogP contribution in [-0.2, 0) is 17.1 Å². The van der Waals surface area contributed by atoms with Crippen LogP contribution in [0.15, 0.2) is 41.4 Å². The predicted octanol–water partition coefficient (Wildman–Crippen LogP) is 7.11. The molecule has 34 heavy (non-hydrogen) atoms. The van der Waals surface area contributed by atoms with E-state index in [1.807, 2.05) is 0 Å². The molecule has 0 atom stereocenters. The van der Waals surface area contributed by atoms with Crippen molar-refractivity contribution in [3.63, 3.8) is 0 Å². The Morgan fingerprint density at radius 3 is 2.03 bits per heavy atom. The first kappa shape index (κ1) is 25.8. The van der Waals surface area contributed by atoms with Gasteiger partial charge in [0.15, 0.2) is 0 Å². The van der Waals surface area contributed by atoms with Crippen LogP contribution in [0.5, 0.6) is 0 Å². The van der Waals surface area contributed by atoms with Gasteiger partial charge in [-0.2, -0.15) is 26.3 Å². The summed E-state index contributed by atoms with van der Waals surface area (Å²) in [6, 6.07) is 1.49. The number of aliphatic imine (C=N–C) groups is 1. The maximum absolute atomic E-state index is 13.3. The quantitative estimate of drug-likeness (QED) is 0.416. The molecule has 0 N–H and O–H groups in total. The summed E-state index contributed by atoms with van der Waals surface area (Å²) in [6.07, 6.45) is -3.85. The van der Waals surface area contributed by atoms with Crippen LogP contribution in [0.3, 0.4) is 0 Å². The molecular formula is C24H26F6N2O2. The SMILES string of the molecule is CC(C)(C)OC(=O)N1CCC(C2=NC(c3cc(C(F)(F)F)cc(C(F)(F)F)c3)=CCC=C2)CC1. The van der Waals surface area contributed by atoms with Crippen LogP contribution in [0.4, 0.5) is 31.1 Å². The number of piperidine rings is 1. The van der Waals surface area contributed by atoms with Gasteiger partial charge in [-0.3, -0.25) is 4.99 Å². The largest absolute Gasteiger partial charge is 0.444 e. The average Bonchev–Trinajstić information content (AvgIpc) is 2.97. The lowest BCUT2D eigenvalue weighted by molar-refractivity contribution is -0.143. The highest BCUT2D eigenvalue weighted by molar-refractivity contribution is 6.01. The third-order valence-electron chi connectivity index (χ3n) is 5.43. The van der Waals surface area contributed by atoms with E-state index in [2.05, 4.69) is 4.99 Å². The normalized spacial score (nSPS) is 18.3.